The van der Waals surface area contributed by atoms with E-state index in [1.54, 1.807) is 0 Å². The highest BCUT2D eigenvalue weighted by Gasteiger charge is 2.23. The van der Waals surface area contributed by atoms with Crippen LogP contribution in [-0.4, -0.2) is 56.5 Å². The lowest BCUT2D eigenvalue weighted by atomic mass is 9.97. The summed E-state index contributed by atoms with van der Waals surface area (Å²) in [6.07, 6.45) is 3.25. The SMILES string of the molecule is C=CCn1c(SCC(O)CO)nnc1C1CCNCC1. The van der Waals surface area contributed by atoms with Gasteiger partial charge in [0, 0.05) is 18.2 Å². The first-order valence-electron chi connectivity index (χ1n) is 6.92. The van der Waals surface area contributed by atoms with Gasteiger partial charge >= 0.3 is 0 Å². The molecule has 1 aromatic rings. The van der Waals surface area contributed by atoms with E-state index in [1.165, 1.54) is 11.8 Å². The number of rotatable bonds is 7. The number of nitrogens with one attached hydrogen (secondary N) is 1. The van der Waals surface area contributed by atoms with Crippen LogP contribution in [0.25, 0.3) is 0 Å². The molecule has 6 nitrogen and oxygen atoms in total. The number of allylic oxidation sites excluding steroid dienone is 1. The van der Waals surface area contributed by atoms with Crippen molar-refractivity contribution in [2.75, 3.05) is 25.4 Å². The molecule has 20 heavy (non-hydrogen) atoms. The van der Waals surface area contributed by atoms with Gasteiger partial charge in [-0.1, -0.05) is 17.8 Å². The van der Waals surface area contributed by atoms with Crippen LogP contribution in [-0.2, 0) is 6.54 Å². The second-order valence-corrected chi connectivity index (χ2v) is 5.90. The first-order chi connectivity index (χ1) is 9.76. The van der Waals surface area contributed by atoms with Crippen LogP contribution >= 0.6 is 11.8 Å². The van der Waals surface area contributed by atoms with Gasteiger partial charge in [0.1, 0.15) is 5.82 Å². The molecule has 1 atom stereocenters. The predicted molar refractivity (Wildman–Crippen MR) is 78.9 cm³/mol. The Kier molecular flexibility index (Phi) is 6.03. The van der Waals surface area contributed by atoms with Crippen molar-refractivity contribution in [1.29, 1.82) is 0 Å². The third-order valence-corrected chi connectivity index (χ3v) is 4.49. The van der Waals surface area contributed by atoms with Crippen LogP contribution in [0, 0.1) is 0 Å². The Labute approximate surface area is 123 Å². The van der Waals surface area contributed by atoms with Gasteiger partial charge in [-0.05, 0) is 25.9 Å². The molecule has 0 saturated carbocycles. The van der Waals surface area contributed by atoms with Gasteiger partial charge in [-0.15, -0.1) is 16.8 Å². The van der Waals surface area contributed by atoms with Gasteiger partial charge in [0.15, 0.2) is 5.16 Å². The van der Waals surface area contributed by atoms with Crippen molar-refractivity contribution in [2.45, 2.75) is 36.6 Å². The Morgan fingerprint density at radius 2 is 2.20 bits per heavy atom. The highest BCUT2D eigenvalue weighted by Crippen LogP contribution is 2.27. The van der Waals surface area contributed by atoms with Crippen LogP contribution in [0.3, 0.4) is 0 Å². The van der Waals surface area contributed by atoms with E-state index in [-0.39, 0.29) is 6.61 Å². The summed E-state index contributed by atoms with van der Waals surface area (Å²) in [4.78, 5) is 0. The largest absolute Gasteiger partial charge is 0.394 e. The number of hydrogen-bond acceptors (Lipinski definition) is 6. The molecular weight excluding hydrogens is 276 g/mol. The summed E-state index contributed by atoms with van der Waals surface area (Å²) in [5.74, 6) is 1.85. The predicted octanol–water partition coefficient (Wildman–Crippen LogP) is 0.376. The lowest BCUT2D eigenvalue weighted by Crippen LogP contribution is -2.28. The van der Waals surface area contributed by atoms with Crippen LogP contribution in [0.15, 0.2) is 17.8 Å². The molecular formula is C13H22N4O2S. The maximum atomic E-state index is 9.44. The Morgan fingerprint density at radius 1 is 1.45 bits per heavy atom. The average molecular weight is 298 g/mol. The normalized spacial score (nSPS) is 18.1. The molecule has 0 amide bonds. The highest BCUT2D eigenvalue weighted by molar-refractivity contribution is 7.99. The fraction of sp³-hybridized carbons (Fsp3) is 0.692. The highest BCUT2D eigenvalue weighted by atomic mass is 32.2. The van der Waals surface area contributed by atoms with E-state index in [0.717, 1.165) is 36.9 Å². The first kappa shape index (κ1) is 15.5. The number of aliphatic hydroxyl groups excluding tert-OH is 2. The van der Waals surface area contributed by atoms with Gasteiger partial charge in [-0.3, -0.25) is 0 Å². The Hall–Kier alpha value is -0.890. The summed E-state index contributed by atoms with van der Waals surface area (Å²) in [5, 5.41) is 31.0. The first-order valence-corrected chi connectivity index (χ1v) is 7.91. The Balaban J connectivity index is 2.11. The van der Waals surface area contributed by atoms with E-state index >= 15 is 0 Å². The van der Waals surface area contributed by atoms with E-state index in [0.29, 0.717) is 18.2 Å². The molecule has 7 heteroatoms. The zero-order valence-electron chi connectivity index (χ0n) is 11.5. The summed E-state index contributed by atoms with van der Waals surface area (Å²) < 4.78 is 2.07. The van der Waals surface area contributed by atoms with Crippen LogP contribution < -0.4 is 5.32 Å². The number of hydrogen-bond donors (Lipinski definition) is 3. The third kappa shape index (κ3) is 3.82. The summed E-state index contributed by atoms with van der Waals surface area (Å²) in [6, 6.07) is 0. The minimum Gasteiger partial charge on any atom is -0.394 e. The molecule has 2 heterocycles. The van der Waals surface area contributed by atoms with Gasteiger partial charge in [0.05, 0.1) is 12.7 Å². The van der Waals surface area contributed by atoms with Crippen molar-refractivity contribution < 1.29 is 10.2 Å². The van der Waals surface area contributed by atoms with E-state index in [2.05, 4.69) is 26.7 Å². The fourth-order valence-electron chi connectivity index (χ4n) is 2.31. The van der Waals surface area contributed by atoms with Gasteiger partial charge in [-0.2, -0.15) is 0 Å². The van der Waals surface area contributed by atoms with Gasteiger partial charge in [0.2, 0.25) is 0 Å². The van der Waals surface area contributed by atoms with E-state index in [4.69, 9.17) is 5.11 Å². The van der Waals surface area contributed by atoms with E-state index in [9.17, 15) is 5.11 Å². The van der Waals surface area contributed by atoms with Crippen LogP contribution in [0.4, 0.5) is 0 Å². The van der Waals surface area contributed by atoms with Crippen molar-refractivity contribution in [2.24, 2.45) is 0 Å². The third-order valence-electron chi connectivity index (χ3n) is 3.38. The monoisotopic (exact) mass is 298 g/mol. The molecule has 1 aromatic heterocycles. The minimum atomic E-state index is -0.726. The molecule has 0 spiro atoms. The summed E-state index contributed by atoms with van der Waals surface area (Å²) in [6.45, 7) is 6.25. The van der Waals surface area contributed by atoms with E-state index < -0.39 is 6.10 Å². The van der Waals surface area contributed by atoms with Gasteiger partial charge in [-0.25, -0.2) is 0 Å². The molecule has 2 rings (SSSR count). The molecule has 0 radical (unpaired) electrons. The van der Waals surface area contributed by atoms with Crippen molar-refractivity contribution in [3.8, 4) is 0 Å². The lowest BCUT2D eigenvalue weighted by molar-refractivity contribution is 0.113. The molecule has 1 fully saturated rings. The Bertz CT molecular complexity index is 432. The standard InChI is InChI=1S/C13H22N4O2S/c1-2-7-17-12(10-3-5-14-6-4-10)15-16-13(17)20-9-11(19)8-18/h2,10-11,14,18-19H,1,3-9H2. The molecule has 0 aliphatic carbocycles. The molecule has 1 unspecified atom stereocenters. The zero-order valence-corrected chi connectivity index (χ0v) is 12.3. The number of aliphatic hydroxyl groups is 2. The van der Waals surface area contributed by atoms with Gasteiger partial charge in [0.25, 0.3) is 0 Å². The quantitative estimate of drug-likeness (QED) is 0.498. The maximum absolute atomic E-state index is 9.44. The fourth-order valence-corrected chi connectivity index (χ4v) is 3.18. The molecule has 1 saturated heterocycles. The maximum Gasteiger partial charge on any atom is 0.191 e. The van der Waals surface area contributed by atoms with Crippen molar-refractivity contribution >= 4 is 11.8 Å². The lowest BCUT2D eigenvalue weighted by Gasteiger charge is -2.22. The smallest absolute Gasteiger partial charge is 0.191 e. The molecule has 3 N–H and O–H groups in total. The van der Waals surface area contributed by atoms with E-state index in [1.807, 2.05) is 6.08 Å². The molecule has 1 aliphatic rings. The number of thioether (sulfide) groups is 1. The number of aromatic nitrogens is 3. The van der Waals surface area contributed by atoms with Crippen molar-refractivity contribution in [1.82, 2.24) is 20.1 Å². The molecule has 1 aliphatic heterocycles. The zero-order chi connectivity index (χ0) is 14.4. The number of piperidine rings is 1. The average Bonchev–Trinajstić information content (AvgIpc) is 2.89. The van der Waals surface area contributed by atoms with Crippen molar-refractivity contribution in [3.63, 3.8) is 0 Å². The Morgan fingerprint density at radius 3 is 2.85 bits per heavy atom. The van der Waals surface area contributed by atoms with Crippen LogP contribution in [0.1, 0.15) is 24.6 Å². The van der Waals surface area contributed by atoms with Gasteiger partial charge < -0.3 is 20.1 Å². The minimum absolute atomic E-state index is 0.232. The molecule has 112 valence electrons. The summed E-state index contributed by atoms with van der Waals surface area (Å²) in [7, 11) is 0. The van der Waals surface area contributed by atoms with Crippen molar-refractivity contribution in [3.05, 3.63) is 18.5 Å². The van der Waals surface area contributed by atoms with Crippen LogP contribution in [0.5, 0.6) is 0 Å². The molecule has 0 bridgehead atoms. The second kappa shape index (κ2) is 7.78. The molecule has 0 aromatic carbocycles. The number of nitrogens with zero attached hydrogens (tertiary/aromatic N) is 3. The summed E-state index contributed by atoms with van der Waals surface area (Å²) >= 11 is 1.42. The second-order valence-electron chi connectivity index (χ2n) is 4.91. The topological polar surface area (TPSA) is 83.2 Å². The summed E-state index contributed by atoms with van der Waals surface area (Å²) in [5.41, 5.74) is 0. The van der Waals surface area contributed by atoms with Crippen LogP contribution in [0.2, 0.25) is 0 Å².